The zero-order valence-electron chi connectivity index (χ0n) is 23.7. The number of benzene rings is 2. The van der Waals surface area contributed by atoms with Crippen molar-refractivity contribution in [2.45, 2.75) is 70.1 Å². The Morgan fingerprint density at radius 2 is 2.05 bits per heavy atom. The van der Waals surface area contributed by atoms with Gasteiger partial charge in [0.25, 0.3) is 0 Å². The molecule has 0 spiro atoms. The lowest BCUT2D eigenvalue weighted by Gasteiger charge is -2.29. The predicted octanol–water partition coefficient (Wildman–Crippen LogP) is 4.54. The Morgan fingerprint density at radius 1 is 1.23 bits per heavy atom. The number of nitrogens with zero attached hydrogens (tertiary/aromatic N) is 4. The van der Waals surface area contributed by atoms with E-state index < -0.39 is 17.7 Å². The molecule has 5 rings (SSSR count). The highest BCUT2D eigenvalue weighted by atomic mass is 19.1. The molecule has 0 saturated carbocycles. The van der Waals surface area contributed by atoms with Crippen LogP contribution in [0.5, 0.6) is 0 Å². The Morgan fingerprint density at radius 3 is 2.83 bits per heavy atom. The first-order valence-corrected chi connectivity index (χ1v) is 14.4. The van der Waals surface area contributed by atoms with E-state index in [4.69, 9.17) is 0 Å². The molecule has 1 amide bonds. The third kappa shape index (κ3) is 6.59. The number of carbonyl (C=O) groups is 1. The van der Waals surface area contributed by atoms with E-state index in [1.54, 1.807) is 6.33 Å². The summed E-state index contributed by atoms with van der Waals surface area (Å²) in [5.41, 5.74) is 3.50. The maximum Gasteiger partial charge on any atom is 0.242 e. The van der Waals surface area contributed by atoms with Crippen molar-refractivity contribution in [3.63, 3.8) is 0 Å². The minimum Gasteiger partial charge on any atom is -0.308 e. The maximum absolute atomic E-state index is 14.4. The number of hydrogen-bond donors (Lipinski definition) is 2. The highest BCUT2D eigenvalue weighted by molar-refractivity contribution is 5.94. The van der Waals surface area contributed by atoms with Crippen LogP contribution in [0.2, 0.25) is 0 Å². The quantitative estimate of drug-likeness (QED) is 0.388. The Balaban J connectivity index is 1.24. The number of likely N-dealkylation sites (tertiary alicyclic amines) is 1. The number of amides is 1. The van der Waals surface area contributed by atoms with Crippen LogP contribution in [0.4, 0.5) is 14.6 Å². The summed E-state index contributed by atoms with van der Waals surface area (Å²) in [6.07, 6.45) is 7.96. The summed E-state index contributed by atoms with van der Waals surface area (Å²) in [5, 5.41) is 6.42. The molecule has 9 heteroatoms. The number of imidazole rings is 1. The van der Waals surface area contributed by atoms with Crippen molar-refractivity contribution < 1.29 is 13.6 Å². The number of rotatable bonds is 10. The molecule has 2 N–H and O–H groups in total. The minimum absolute atomic E-state index is 0.0594. The lowest BCUT2D eigenvalue weighted by atomic mass is 9.87. The molecule has 1 saturated heterocycles. The van der Waals surface area contributed by atoms with Gasteiger partial charge in [0.1, 0.15) is 18.0 Å². The van der Waals surface area contributed by atoms with Gasteiger partial charge in [-0.25, -0.2) is 13.8 Å². The summed E-state index contributed by atoms with van der Waals surface area (Å²) in [5.74, 6) is -0.716. The van der Waals surface area contributed by atoms with Crippen molar-refractivity contribution in [2.24, 2.45) is 0 Å². The number of halogens is 2. The summed E-state index contributed by atoms with van der Waals surface area (Å²) in [6, 6.07) is 10.7. The Bertz CT molecular complexity index is 1330. The van der Waals surface area contributed by atoms with Crippen molar-refractivity contribution >= 4 is 11.7 Å². The Kier molecular flexibility index (Phi) is 8.93. The monoisotopic (exact) mass is 550 g/mol. The smallest absolute Gasteiger partial charge is 0.242 e. The van der Waals surface area contributed by atoms with Gasteiger partial charge in [0, 0.05) is 31.2 Å². The largest absolute Gasteiger partial charge is 0.308 e. The Hall–Kier alpha value is -3.14. The molecule has 3 atom stereocenters. The zero-order chi connectivity index (χ0) is 28.2. The van der Waals surface area contributed by atoms with Gasteiger partial charge < -0.3 is 20.1 Å². The number of nitrogens with one attached hydrogen (secondary N) is 2. The summed E-state index contributed by atoms with van der Waals surface area (Å²) >= 11 is 0. The van der Waals surface area contributed by atoms with Gasteiger partial charge in [-0.05, 0) is 81.6 Å². The van der Waals surface area contributed by atoms with Crippen LogP contribution in [-0.4, -0.2) is 70.6 Å². The van der Waals surface area contributed by atoms with Crippen molar-refractivity contribution in [1.29, 1.82) is 0 Å². The molecule has 0 radical (unpaired) electrons. The molecule has 40 heavy (non-hydrogen) atoms. The van der Waals surface area contributed by atoms with Gasteiger partial charge in [-0.3, -0.25) is 9.69 Å². The number of carbonyl (C=O) groups excluding carboxylic acids is 1. The molecule has 3 aromatic rings. The van der Waals surface area contributed by atoms with Gasteiger partial charge >= 0.3 is 0 Å². The summed E-state index contributed by atoms with van der Waals surface area (Å²) in [4.78, 5) is 22.6. The molecule has 1 unspecified atom stereocenters. The number of hydrogen-bond acceptors (Lipinski definition) is 5. The first-order valence-electron chi connectivity index (χ1n) is 14.4. The van der Waals surface area contributed by atoms with Crippen molar-refractivity contribution in [1.82, 2.24) is 24.7 Å². The third-order valence-electron chi connectivity index (χ3n) is 8.31. The number of anilines is 1. The van der Waals surface area contributed by atoms with Crippen LogP contribution in [0.3, 0.4) is 0 Å². The second-order valence-electron chi connectivity index (χ2n) is 11.4. The SMILES string of the molecule is CCC[C@H](N[C@H]1CCc2cc(F)cc(F)c2C1)C(=O)Nc1cn(-c2ccccc2CN(C)C2CCN(C)C2)cn1. The molecule has 2 aromatic carbocycles. The summed E-state index contributed by atoms with van der Waals surface area (Å²) in [6.45, 7) is 5.06. The van der Waals surface area contributed by atoms with E-state index >= 15 is 0 Å². The van der Waals surface area contributed by atoms with Gasteiger partial charge in [-0.2, -0.15) is 0 Å². The second kappa shape index (κ2) is 12.6. The first kappa shape index (κ1) is 28.4. The van der Waals surface area contributed by atoms with Crippen LogP contribution in [-0.2, 0) is 24.2 Å². The van der Waals surface area contributed by atoms with Crippen molar-refractivity contribution in [2.75, 3.05) is 32.5 Å². The number of para-hydroxylation sites is 1. The third-order valence-corrected chi connectivity index (χ3v) is 8.31. The van der Waals surface area contributed by atoms with Crippen LogP contribution >= 0.6 is 0 Å². The maximum atomic E-state index is 14.4. The van der Waals surface area contributed by atoms with Crippen molar-refractivity contribution in [3.05, 3.63) is 77.2 Å². The minimum atomic E-state index is -0.540. The molecule has 0 bridgehead atoms. The second-order valence-corrected chi connectivity index (χ2v) is 11.4. The fourth-order valence-corrected chi connectivity index (χ4v) is 6.09. The number of likely N-dealkylation sites (N-methyl/N-ethyl adjacent to an activating group) is 2. The molecule has 2 heterocycles. The zero-order valence-corrected chi connectivity index (χ0v) is 23.7. The van der Waals surface area contributed by atoms with E-state index in [-0.39, 0.29) is 11.9 Å². The summed E-state index contributed by atoms with van der Waals surface area (Å²) < 4.78 is 30.0. The van der Waals surface area contributed by atoms with Crippen molar-refractivity contribution in [3.8, 4) is 5.69 Å². The van der Waals surface area contributed by atoms with E-state index in [0.29, 0.717) is 36.7 Å². The molecular weight excluding hydrogens is 510 g/mol. The fraction of sp³-hybridized carbons (Fsp3) is 0.484. The first-order chi connectivity index (χ1) is 19.3. The van der Waals surface area contributed by atoms with Crippen LogP contribution in [0.25, 0.3) is 5.69 Å². The lowest BCUT2D eigenvalue weighted by molar-refractivity contribution is -0.118. The van der Waals surface area contributed by atoms with E-state index in [0.717, 1.165) is 49.8 Å². The van der Waals surface area contributed by atoms with E-state index in [1.807, 2.05) is 23.8 Å². The van der Waals surface area contributed by atoms with E-state index in [2.05, 4.69) is 57.7 Å². The van der Waals surface area contributed by atoms with E-state index in [1.165, 1.54) is 18.1 Å². The number of aromatic nitrogens is 2. The normalized spacial score (nSPS) is 20.1. The molecule has 214 valence electrons. The van der Waals surface area contributed by atoms with Gasteiger partial charge in [-0.15, -0.1) is 0 Å². The topological polar surface area (TPSA) is 65.4 Å². The van der Waals surface area contributed by atoms with Gasteiger partial charge in [0.2, 0.25) is 5.91 Å². The van der Waals surface area contributed by atoms with Crippen LogP contribution in [0.1, 0.15) is 49.3 Å². The number of fused-ring (bicyclic) bond motifs is 1. The number of aryl methyl sites for hydroxylation is 1. The van der Waals surface area contributed by atoms with Crippen LogP contribution in [0, 0.1) is 11.6 Å². The molecular formula is C31H40F2N6O. The van der Waals surface area contributed by atoms with Gasteiger partial charge in [0.15, 0.2) is 5.82 Å². The molecule has 1 aliphatic carbocycles. The molecule has 1 fully saturated rings. The molecule has 2 aliphatic rings. The predicted molar refractivity (Wildman–Crippen MR) is 154 cm³/mol. The molecule has 7 nitrogen and oxygen atoms in total. The molecule has 1 aliphatic heterocycles. The highest BCUT2D eigenvalue weighted by Crippen LogP contribution is 2.26. The fourth-order valence-electron chi connectivity index (χ4n) is 6.09. The van der Waals surface area contributed by atoms with E-state index in [9.17, 15) is 13.6 Å². The van der Waals surface area contributed by atoms with Gasteiger partial charge in [-0.1, -0.05) is 31.5 Å². The highest BCUT2D eigenvalue weighted by Gasteiger charge is 2.28. The average molecular weight is 551 g/mol. The van der Waals surface area contributed by atoms with Crippen LogP contribution in [0.15, 0.2) is 48.9 Å². The van der Waals surface area contributed by atoms with Crippen LogP contribution < -0.4 is 10.6 Å². The lowest BCUT2D eigenvalue weighted by Crippen LogP contribution is -2.48. The standard InChI is InChI=1S/C31H40F2N6O/c1-4-7-28(35-24-11-10-21-14-23(32)15-27(33)26(21)16-24)31(40)36-30-19-39(20-34-30)29-9-6-5-8-22(29)17-38(3)25-12-13-37(2)18-25/h5-6,8-9,14-15,19-20,24-25,28,35H,4,7,10-13,16-18H2,1-3H3,(H,36,40)/t24-,25?,28-/m0/s1. The average Bonchev–Trinajstić information content (AvgIpc) is 3.58. The summed E-state index contributed by atoms with van der Waals surface area (Å²) in [7, 11) is 4.35. The molecule has 1 aromatic heterocycles. The Labute approximate surface area is 235 Å². The van der Waals surface area contributed by atoms with Gasteiger partial charge in [0.05, 0.1) is 17.9 Å².